The van der Waals surface area contributed by atoms with Gasteiger partial charge in [-0.25, -0.2) is 8.42 Å². The lowest BCUT2D eigenvalue weighted by Gasteiger charge is -2.25. The highest BCUT2D eigenvalue weighted by atomic mass is 32.2. The third-order valence-corrected chi connectivity index (χ3v) is 6.71. The summed E-state index contributed by atoms with van der Waals surface area (Å²) in [5, 5.41) is 2.96. The van der Waals surface area contributed by atoms with Crippen LogP contribution in [0.4, 0.5) is 5.69 Å². The molecule has 0 fully saturated rings. The molecule has 0 bridgehead atoms. The van der Waals surface area contributed by atoms with E-state index in [-0.39, 0.29) is 23.4 Å². The fourth-order valence-electron chi connectivity index (χ4n) is 3.26. The molecular formula is C24H26N2O4S. The lowest BCUT2D eigenvalue weighted by molar-refractivity contribution is -0.120. The first kappa shape index (κ1) is 22.4. The van der Waals surface area contributed by atoms with Crippen LogP contribution in [-0.2, 0) is 14.8 Å². The molecule has 1 N–H and O–H groups in total. The number of benzene rings is 3. The number of sulfonamides is 1. The van der Waals surface area contributed by atoms with Crippen molar-refractivity contribution in [2.45, 2.75) is 24.3 Å². The predicted molar refractivity (Wildman–Crippen MR) is 122 cm³/mol. The van der Waals surface area contributed by atoms with Gasteiger partial charge < -0.3 is 10.1 Å². The number of amides is 1. The number of nitrogens with zero attached hydrogens (tertiary/aromatic N) is 1. The molecule has 1 amide bonds. The molecule has 7 heteroatoms. The highest BCUT2D eigenvalue weighted by Gasteiger charge is 2.27. The zero-order valence-electron chi connectivity index (χ0n) is 17.6. The second-order valence-corrected chi connectivity index (χ2v) is 8.82. The molecule has 0 spiro atoms. The molecular weight excluding hydrogens is 412 g/mol. The van der Waals surface area contributed by atoms with E-state index >= 15 is 0 Å². The van der Waals surface area contributed by atoms with E-state index in [0.717, 1.165) is 15.6 Å². The average Bonchev–Trinajstić information content (AvgIpc) is 2.82. The van der Waals surface area contributed by atoms with E-state index in [2.05, 4.69) is 5.32 Å². The van der Waals surface area contributed by atoms with Gasteiger partial charge in [0.2, 0.25) is 5.91 Å². The van der Waals surface area contributed by atoms with Gasteiger partial charge in [-0.05, 0) is 48.4 Å². The third-order valence-electron chi connectivity index (χ3n) is 4.92. The summed E-state index contributed by atoms with van der Waals surface area (Å²) in [6.07, 6.45) is 0.662. The van der Waals surface area contributed by atoms with Crippen LogP contribution in [0.15, 0.2) is 89.8 Å². The molecule has 0 aliphatic heterocycles. The van der Waals surface area contributed by atoms with E-state index in [0.29, 0.717) is 12.1 Å². The van der Waals surface area contributed by atoms with Gasteiger partial charge in [-0.15, -0.1) is 0 Å². The third kappa shape index (κ3) is 5.44. The van der Waals surface area contributed by atoms with Crippen molar-refractivity contribution in [1.29, 1.82) is 0 Å². The maximum Gasteiger partial charge on any atom is 0.264 e. The molecule has 6 nitrogen and oxygen atoms in total. The molecule has 1 atom stereocenters. The van der Waals surface area contributed by atoms with Crippen molar-refractivity contribution in [1.82, 2.24) is 5.32 Å². The van der Waals surface area contributed by atoms with Gasteiger partial charge >= 0.3 is 0 Å². The summed E-state index contributed by atoms with van der Waals surface area (Å²) in [6, 6.07) is 24.0. The molecule has 162 valence electrons. The predicted octanol–water partition coefficient (Wildman–Crippen LogP) is 4.16. The Kier molecular flexibility index (Phi) is 7.31. The van der Waals surface area contributed by atoms with E-state index in [1.807, 2.05) is 31.2 Å². The molecule has 31 heavy (non-hydrogen) atoms. The Labute approximate surface area is 183 Å². The number of ether oxygens (including phenoxy) is 1. The SMILES string of the molecule is CC[C@H](NC(=O)CN(c1ccccc1)S(=O)(=O)c1ccccc1)c1ccc(OC)cc1. The monoisotopic (exact) mass is 438 g/mol. The van der Waals surface area contributed by atoms with E-state index in [9.17, 15) is 13.2 Å². The number of nitrogens with one attached hydrogen (secondary N) is 1. The molecule has 3 aromatic rings. The molecule has 0 radical (unpaired) electrons. The van der Waals surface area contributed by atoms with Crippen molar-refractivity contribution < 1.29 is 17.9 Å². The lowest BCUT2D eigenvalue weighted by atomic mass is 10.0. The van der Waals surface area contributed by atoms with Gasteiger partial charge in [-0.1, -0.05) is 55.5 Å². The smallest absolute Gasteiger partial charge is 0.264 e. The zero-order chi connectivity index (χ0) is 22.3. The largest absolute Gasteiger partial charge is 0.497 e. The highest BCUT2D eigenvalue weighted by Crippen LogP contribution is 2.24. The maximum atomic E-state index is 13.3. The number of carbonyl (C=O) groups is 1. The Morgan fingerprint density at radius 2 is 1.52 bits per heavy atom. The van der Waals surface area contributed by atoms with Gasteiger partial charge in [0.1, 0.15) is 12.3 Å². The first-order valence-corrected chi connectivity index (χ1v) is 11.5. The molecule has 0 heterocycles. The fraction of sp³-hybridized carbons (Fsp3) is 0.208. The molecule has 0 unspecified atom stereocenters. The standard InChI is InChI=1S/C24H26N2O4S/c1-3-23(19-14-16-21(30-2)17-15-19)25-24(27)18-26(20-10-6-4-7-11-20)31(28,29)22-12-8-5-9-13-22/h4-17,23H,3,18H2,1-2H3,(H,25,27)/t23-/m0/s1. The average molecular weight is 439 g/mol. The fourth-order valence-corrected chi connectivity index (χ4v) is 4.70. The Morgan fingerprint density at radius 1 is 0.935 bits per heavy atom. The number of rotatable bonds is 9. The second-order valence-electron chi connectivity index (χ2n) is 6.96. The minimum absolute atomic E-state index is 0.133. The zero-order valence-corrected chi connectivity index (χ0v) is 18.4. The molecule has 0 aliphatic rings. The summed E-state index contributed by atoms with van der Waals surface area (Å²) in [7, 11) is -2.31. The molecule has 0 saturated heterocycles. The van der Waals surface area contributed by atoms with E-state index in [1.54, 1.807) is 55.6 Å². The summed E-state index contributed by atoms with van der Waals surface area (Å²) in [5.74, 6) is 0.347. The highest BCUT2D eigenvalue weighted by molar-refractivity contribution is 7.92. The van der Waals surface area contributed by atoms with Gasteiger partial charge in [0.15, 0.2) is 0 Å². The van der Waals surface area contributed by atoms with Crippen molar-refractivity contribution in [3.05, 3.63) is 90.5 Å². The molecule has 0 aliphatic carbocycles. The van der Waals surface area contributed by atoms with Crippen molar-refractivity contribution in [3.8, 4) is 5.75 Å². The van der Waals surface area contributed by atoms with Crippen LogP contribution < -0.4 is 14.4 Å². The lowest BCUT2D eigenvalue weighted by Crippen LogP contribution is -2.42. The van der Waals surface area contributed by atoms with Crippen LogP contribution in [0.25, 0.3) is 0 Å². The van der Waals surface area contributed by atoms with E-state index in [4.69, 9.17) is 4.74 Å². The van der Waals surface area contributed by atoms with Crippen LogP contribution in [0.1, 0.15) is 24.9 Å². The Bertz CT molecular complexity index is 1090. The number of hydrogen-bond donors (Lipinski definition) is 1. The van der Waals surface area contributed by atoms with Gasteiger partial charge in [0, 0.05) is 0 Å². The van der Waals surface area contributed by atoms with Crippen LogP contribution >= 0.6 is 0 Å². The van der Waals surface area contributed by atoms with Crippen LogP contribution in [-0.4, -0.2) is 28.0 Å². The van der Waals surface area contributed by atoms with Crippen LogP contribution in [0.3, 0.4) is 0 Å². The molecule has 0 aromatic heterocycles. The summed E-state index contributed by atoms with van der Waals surface area (Å²) >= 11 is 0. The van der Waals surface area contributed by atoms with Gasteiger partial charge in [-0.3, -0.25) is 9.10 Å². The topological polar surface area (TPSA) is 75.7 Å². The number of methoxy groups -OCH3 is 1. The first-order chi connectivity index (χ1) is 15.0. The number of carbonyl (C=O) groups excluding carboxylic acids is 1. The Hall–Kier alpha value is -3.32. The summed E-state index contributed by atoms with van der Waals surface area (Å²) < 4.78 is 32.9. The number of para-hydroxylation sites is 1. The van der Waals surface area contributed by atoms with Crippen molar-refractivity contribution in [2.24, 2.45) is 0 Å². The minimum Gasteiger partial charge on any atom is -0.497 e. The molecule has 3 aromatic carbocycles. The van der Waals surface area contributed by atoms with Crippen molar-refractivity contribution in [3.63, 3.8) is 0 Å². The Morgan fingerprint density at radius 3 is 2.06 bits per heavy atom. The summed E-state index contributed by atoms with van der Waals surface area (Å²) in [4.78, 5) is 13.1. The second kappa shape index (κ2) is 10.1. The van der Waals surface area contributed by atoms with Crippen molar-refractivity contribution in [2.75, 3.05) is 18.0 Å². The van der Waals surface area contributed by atoms with Crippen molar-refractivity contribution >= 4 is 21.6 Å². The first-order valence-electron chi connectivity index (χ1n) is 10.0. The van der Waals surface area contributed by atoms with Gasteiger partial charge in [0.05, 0.1) is 23.7 Å². The van der Waals surface area contributed by atoms with Crippen LogP contribution in [0.5, 0.6) is 5.75 Å². The summed E-state index contributed by atoms with van der Waals surface area (Å²) in [6.45, 7) is 1.64. The number of hydrogen-bond acceptors (Lipinski definition) is 4. The summed E-state index contributed by atoms with van der Waals surface area (Å²) in [5.41, 5.74) is 1.35. The molecule has 0 saturated carbocycles. The maximum absolute atomic E-state index is 13.3. The molecule has 3 rings (SSSR count). The van der Waals surface area contributed by atoms with Gasteiger partial charge in [0.25, 0.3) is 10.0 Å². The Balaban J connectivity index is 1.84. The van der Waals surface area contributed by atoms with E-state index < -0.39 is 10.0 Å². The van der Waals surface area contributed by atoms with Crippen LogP contribution in [0, 0.1) is 0 Å². The van der Waals surface area contributed by atoms with Gasteiger partial charge in [-0.2, -0.15) is 0 Å². The van der Waals surface area contributed by atoms with E-state index in [1.165, 1.54) is 12.1 Å². The van der Waals surface area contributed by atoms with Crippen LogP contribution in [0.2, 0.25) is 0 Å². The number of anilines is 1. The minimum atomic E-state index is -3.91. The normalized spacial score (nSPS) is 12.1. The quantitative estimate of drug-likeness (QED) is 0.544.